The molecule has 1 aliphatic heterocycles. The molecule has 0 bridgehead atoms. The predicted molar refractivity (Wildman–Crippen MR) is 150 cm³/mol. The Morgan fingerprint density at radius 3 is 2.13 bits per heavy atom. The molecule has 0 aliphatic carbocycles. The summed E-state index contributed by atoms with van der Waals surface area (Å²) >= 11 is 0. The average Bonchev–Trinajstić information content (AvgIpc) is 2.92. The molecular formula is C33H37FO5. The lowest BCUT2D eigenvalue weighted by Crippen LogP contribution is -2.41. The third-order valence-corrected chi connectivity index (χ3v) is 7.08. The van der Waals surface area contributed by atoms with Crippen LogP contribution in [0.15, 0.2) is 66.7 Å². The molecule has 1 unspecified atom stereocenters. The summed E-state index contributed by atoms with van der Waals surface area (Å²) in [6.07, 6.45) is 5.87. The van der Waals surface area contributed by atoms with E-state index in [1.165, 1.54) is 17.7 Å². The van der Waals surface area contributed by atoms with E-state index in [2.05, 4.69) is 38.1 Å². The number of unbranched alkanes of at least 4 members (excludes halogenated alkanes) is 3. The molecule has 0 N–H and O–H groups in total. The smallest absolute Gasteiger partial charge is 0.343 e. The number of rotatable bonds is 12. The molecule has 1 atom stereocenters. The van der Waals surface area contributed by atoms with Gasteiger partial charge in [-0.2, -0.15) is 0 Å². The first kappa shape index (κ1) is 28.5. The minimum absolute atomic E-state index is 0.0817. The highest BCUT2D eigenvalue weighted by atomic mass is 19.1. The van der Waals surface area contributed by atoms with Crippen molar-refractivity contribution in [3.63, 3.8) is 0 Å². The van der Waals surface area contributed by atoms with E-state index in [0.29, 0.717) is 5.56 Å². The fraction of sp³-hybridized carbons (Fsp3) is 0.394. The van der Waals surface area contributed by atoms with Crippen LogP contribution in [0.2, 0.25) is 0 Å². The van der Waals surface area contributed by atoms with Crippen molar-refractivity contribution in [2.75, 3.05) is 13.2 Å². The highest BCUT2D eigenvalue weighted by molar-refractivity contribution is 5.92. The maximum Gasteiger partial charge on any atom is 0.343 e. The van der Waals surface area contributed by atoms with Gasteiger partial charge in [0.15, 0.2) is 11.6 Å². The summed E-state index contributed by atoms with van der Waals surface area (Å²) in [4.78, 5) is 25.0. The number of hydrogen-bond acceptors (Lipinski definition) is 5. The third kappa shape index (κ3) is 7.76. The molecule has 3 aromatic rings. The highest BCUT2D eigenvalue weighted by Gasteiger charge is 2.33. The van der Waals surface area contributed by atoms with E-state index in [9.17, 15) is 14.0 Å². The quantitative estimate of drug-likeness (QED) is 0.135. The molecule has 4 rings (SSSR count). The van der Waals surface area contributed by atoms with E-state index in [-0.39, 0.29) is 22.8 Å². The Morgan fingerprint density at radius 2 is 1.54 bits per heavy atom. The molecule has 1 aliphatic rings. The predicted octanol–water partition coefficient (Wildman–Crippen LogP) is 7.81. The molecule has 5 nitrogen and oxygen atoms in total. The van der Waals surface area contributed by atoms with Crippen LogP contribution in [0.3, 0.4) is 0 Å². The zero-order chi connectivity index (χ0) is 27.8. The number of hydrogen-bond donors (Lipinski definition) is 0. The summed E-state index contributed by atoms with van der Waals surface area (Å²) in [5, 5.41) is 0. The maximum absolute atomic E-state index is 14.7. The normalized spacial score (nSPS) is 14.8. The van der Waals surface area contributed by atoms with Gasteiger partial charge in [-0.05, 0) is 73.2 Å². The Labute approximate surface area is 230 Å². The van der Waals surface area contributed by atoms with Crippen LogP contribution in [0.4, 0.5) is 4.39 Å². The lowest BCUT2D eigenvalue weighted by molar-refractivity contribution is -0.100. The van der Waals surface area contributed by atoms with Gasteiger partial charge >= 0.3 is 11.9 Å². The van der Waals surface area contributed by atoms with Crippen LogP contribution < -0.4 is 4.74 Å². The Bertz CT molecular complexity index is 1260. The summed E-state index contributed by atoms with van der Waals surface area (Å²) in [6.45, 7) is 7.80. The van der Waals surface area contributed by atoms with Crippen molar-refractivity contribution in [3.05, 3.63) is 89.2 Å². The Morgan fingerprint density at radius 1 is 0.897 bits per heavy atom. The van der Waals surface area contributed by atoms with Gasteiger partial charge in [-0.15, -0.1) is 0 Å². The van der Waals surface area contributed by atoms with Crippen molar-refractivity contribution < 1.29 is 28.2 Å². The van der Waals surface area contributed by atoms with Gasteiger partial charge in [0, 0.05) is 5.41 Å². The van der Waals surface area contributed by atoms with Crippen LogP contribution in [0.5, 0.6) is 5.75 Å². The number of halogens is 1. The minimum Gasteiger partial charge on any atom is -0.459 e. The fourth-order valence-electron chi connectivity index (χ4n) is 4.70. The molecular weight excluding hydrogens is 495 g/mol. The number of carbonyl (C=O) groups is 2. The van der Waals surface area contributed by atoms with Crippen molar-refractivity contribution in [2.24, 2.45) is 5.41 Å². The van der Waals surface area contributed by atoms with E-state index < -0.39 is 17.8 Å². The Hall–Kier alpha value is -3.51. The minimum atomic E-state index is -0.799. The van der Waals surface area contributed by atoms with Gasteiger partial charge in [0.25, 0.3) is 0 Å². The second-order valence-corrected chi connectivity index (χ2v) is 10.9. The Balaban J connectivity index is 1.31. The van der Waals surface area contributed by atoms with Gasteiger partial charge < -0.3 is 14.2 Å². The average molecular weight is 533 g/mol. The van der Waals surface area contributed by atoms with Crippen molar-refractivity contribution in [1.29, 1.82) is 0 Å². The first-order valence-corrected chi connectivity index (χ1v) is 13.8. The topological polar surface area (TPSA) is 61.8 Å². The summed E-state index contributed by atoms with van der Waals surface area (Å²) in [7, 11) is 0. The maximum atomic E-state index is 14.7. The number of esters is 2. The fourth-order valence-corrected chi connectivity index (χ4v) is 4.70. The van der Waals surface area contributed by atoms with E-state index in [4.69, 9.17) is 14.2 Å². The van der Waals surface area contributed by atoms with Crippen LogP contribution in [-0.4, -0.2) is 31.3 Å². The molecule has 206 valence electrons. The molecule has 39 heavy (non-hydrogen) atoms. The zero-order valence-electron chi connectivity index (χ0n) is 23.0. The van der Waals surface area contributed by atoms with Gasteiger partial charge in [0.05, 0.1) is 30.4 Å². The molecule has 1 fully saturated rings. The third-order valence-electron chi connectivity index (χ3n) is 7.08. The number of carbonyl (C=O) groups excluding carboxylic acids is 2. The number of ether oxygens (including phenoxy) is 3. The van der Waals surface area contributed by atoms with E-state index >= 15 is 0 Å². The van der Waals surface area contributed by atoms with E-state index in [1.807, 2.05) is 19.1 Å². The summed E-state index contributed by atoms with van der Waals surface area (Å²) in [5.41, 5.74) is 3.87. The molecule has 1 heterocycles. The van der Waals surface area contributed by atoms with Gasteiger partial charge in [0.1, 0.15) is 0 Å². The van der Waals surface area contributed by atoms with Crippen LogP contribution in [0.1, 0.15) is 79.2 Å². The van der Waals surface area contributed by atoms with Gasteiger partial charge in [-0.25, -0.2) is 14.0 Å². The van der Waals surface area contributed by atoms with Crippen LogP contribution in [-0.2, 0) is 15.9 Å². The van der Waals surface area contributed by atoms with E-state index in [0.717, 1.165) is 68.9 Å². The summed E-state index contributed by atoms with van der Waals surface area (Å²) in [5.74, 6) is -2.31. The standard InChI is InChI=1S/C33H37FO5/c1-4-5-6-7-8-23(2)38-32(36)28-17-18-30(29(34)19-28)39-31(35)27-15-13-26(14-16-27)25-11-9-24(10-12-25)20-33(3)21-37-22-33/h9-19,23H,4-8,20-22H2,1-3H3. The molecule has 0 aromatic heterocycles. The number of benzene rings is 3. The van der Waals surface area contributed by atoms with Gasteiger partial charge in [-0.1, -0.05) is 69.5 Å². The Kier molecular flexibility index (Phi) is 9.52. The second kappa shape index (κ2) is 13.0. The van der Waals surface area contributed by atoms with Crippen LogP contribution >= 0.6 is 0 Å². The lowest BCUT2D eigenvalue weighted by Gasteiger charge is -2.38. The van der Waals surface area contributed by atoms with Crippen molar-refractivity contribution in [1.82, 2.24) is 0 Å². The molecule has 3 aromatic carbocycles. The first-order valence-electron chi connectivity index (χ1n) is 13.8. The van der Waals surface area contributed by atoms with Crippen molar-refractivity contribution in [3.8, 4) is 16.9 Å². The molecule has 0 radical (unpaired) electrons. The summed E-state index contributed by atoms with van der Waals surface area (Å²) < 4.78 is 30.7. The van der Waals surface area contributed by atoms with Crippen LogP contribution in [0.25, 0.3) is 11.1 Å². The second-order valence-electron chi connectivity index (χ2n) is 10.9. The van der Waals surface area contributed by atoms with Crippen molar-refractivity contribution >= 4 is 11.9 Å². The highest BCUT2D eigenvalue weighted by Crippen LogP contribution is 2.31. The van der Waals surface area contributed by atoms with E-state index in [1.54, 1.807) is 12.1 Å². The van der Waals surface area contributed by atoms with Crippen molar-refractivity contribution in [2.45, 2.75) is 65.4 Å². The molecule has 1 saturated heterocycles. The SMILES string of the molecule is CCCCCCC(C)OC(=O)c1ccc(OC(=O)c2ccc(-c3ccc(CC4(C)COC4)cc3)cc2)c(F)c1. The molecule has 6 heteroatoms. The molecule has 0 spiro atoms. The monoisotopic (exact) mass is 532 g/mol. The molecule has 0 amide bonds. The zero-order valence-corrected chi connectivity index (χ0v) is 23.0. The lowest BCUT2D eigenvalue weighted by atomic mass is 9.82. The largest absolute Gasteiger partial charge is 0.459 e. The molecule has 0 saturated carbocycles. The van der Waals surface area contributed by atoms with Gasteiger partial charge in [0.2, 0.25) is 0 Å². The summed E-state index contributed by atoms with van der Waals surface area (Å²) in [6, 6.07) is 19.1. The first-order chi connectivity index (χ1) is 18.8. The van der Waals surface area contributed by atoms with Gasteiger partial charge in [-0.3, -0.25) is 0 Å². The van der Waals surface area contributed by atoms with Crippen LogP contribution in [0, 0.1) is 11.2 Å².